The van der Waals surface area contributed by atoms with Crippen LogP contribution in [0.15, 0.2) is 0 Å². The van der Waals surface area contributed by atoms with Gasteiger partial charge >= 0.3 is 6.18 Å². The molecule has 1 aliphatic heterocycles. The Hall–Kier alpha value is -0.820. The van der Waals surface area contributed by atoms with Gasteiger partial charge in [-0.25, -0.2) is 0 Å². The average Bonchev–Trinajstić information content (AvgIpc) is 2.34. The van der Waals surface area contributed by atoms with E-state index in [0.29, 0.717) is 0 Å². The number of hydrogen-bond acceptors (Lipinski definition) is 3. The van der Waals surface area contributed by atoms with E-state index < -0.39 is 18.1 Å². The summed E-state index contributed by atoms with van der Waals surface area (Å²) in [5.41, 5.74) is 3.45. The Morgan fingerprint density at radius 3 is 2.33 bits per heavy atom. The van der Waals surface area contributed by atoms with Crippen LogP contribution in [0.1, 0.15) is 19.3 Å². The van der Waals surface area contributed by atoms with Crippen molar-refractivity contribution >= 4 is 5.91 Å². The number of piperidine rings is 1. The molecule has 0 atom stereocenters. The van der Waals surface area contributed by atoms with Gasteiger partial charge in [0.15, 0.2) is 0 Å². The smallest absolute Gasteiger partial charge is 0.384 e. The Labute approximate surface area is 104 Å². The van der Waals surface area contributed by atoms with E-state index >= 15 is 0 Å². The summed E-state index contributed by atoms with van der Waals surface area (Å²) in [6, 6.07) is 0. The average molecular weight is 268 g/mol. The molecule has 1 rings (SSSR count). The molecular formula is C11H19F3N2O2. The van der Waals surface area contributed by atoms with Crippen molar-refractivity contribution in [2.45, 2.75) is 25.4 Å². The van der Waals surface area contributed by atoms with Gasteiger partial charge in [-0.2, -0.15) is 13.2 Å². The molecule has 0 aromatic carbocycles. The van der Waals surface area contributed by atoms with Gasteiger partial charge in [0.1, 0.15) is 0 Å². The van der Waals surface area contributed by atoms with Crippen molar-refractivity contribution in [2.24, 2.45) is 11.1 Å². The van der Waals surface area contributed by atoms with Crippen LogP contribution < -0.4 is 5.73 Å². The Balaban J connectivity index is 2.56. The highest BCUT2D eigenvalue weighted by molar-refractivity contribution is 5.76. The number of nitrogens with two attached hydrogens (primary N) is 1. The summed E-state index contributed by atoms with van der Waals surface area (Å²) in [6.45, 7) is 0.0890. The number of hydrogen-bond donors (Lipinski definition) is 1. The molecule has 1 saturated heterocycles. The number of likely N-dealkylation sites (tertiary alicyclic amines) is 1. The minimum absolute atomic E-state index is 0.110. The maximum absolute atomic E-state index is 12.9. The monoisotopic (exact) mass is 268 g/mol. The highest BCUT2D eigenvalue weighted by Crippen LogP contribution is 2.45. The Morgan fingerprint density at radius 2 is 1.94 bits per heavy atom. The van der Waals surface area contributed by atoms with Crippen LogP contribution in [0.25, 0.3) is 0 Å². The molecule has 0 bridgehead atoms. The number of nitrogens with zero attached hydrogens (tertiary/aromatic N) is 1. The molecule has 1 heterocycles. The third-order valence-electron chi connectivity index (χ3n) is 3.59. The lowest BCUT2D eigenvalue weighted by atomic mass is 9.77. The highest BCUT2D eigenvalue weighted by Gasteiger charge is 2.54. The number of rotatable bonds is 4. The minimum Gasteiger partial charge on any atom is -0.384 e. The lowest BCUT2D eigenvalue weighted by molar-refractivity contribution is -0.233. The van der Waals surface area contributed by atoms with Crippen LogP contribution in [-0.2, 0) is 9.53 Å². The summed E-state index contributed by atoms with van der Waals surface area (Å²) in [7, 11) is 1.48. The molecule has 0 unspecified atom stereocenters. The van der Waals surface area contributed by atoms with Crippen LogP contribution in [-0.4, -0.2) is 50.3 Å². The molecule has 0 spiro atoms. The second kappa shape index (κ2) is 5.88. The first-order valence-electron chi connectivity index (χ1n) is 5.90. The molecule has 18 heavy (non-hydrogen) atoms. The topological polar surface area (TPSA) is 55.6 Å². The van der Waals surface area contributed by atoms with Crippen molar-refractivity contribution < 1.29 is 22.7 Å². The van der Waals surface area contributed by atoms with Gasteiger partial charge in [-0.05, 0) is 12.8 Å². The van der Waals surface area contributed by atoms with E-state index in [1.165, 1.54) is 12.0 Å². The summed E-state index contributed by atoms with van der Waals surface area (Å²) < 4.78 is 43.5. The molecule has 7 heteroatoms. The molecule has 2 N–H and O–H groups in total. The predicted molar refractivity (Wildman–Crippen MR) is 59.8 cm³/mol. The maximum atomic E-state index is 12.9. The fourth-order valence-electron chi connectivity index (χ4n) is 2.13. The van der Waals surface area contributed by atoms with Crippen LogP contribution >= 0.6 is 0 Å². The second-order valence-electron chi connectivity index (χ2n) is 4.61. The lowest BCUT2D eigenvalue weighted by Crippen LogP contribution is -2.53. The van der Waals surface area contributed by atoms with Crippen LogP contribution in [0.4, 0.5) is 13.2 Å². The molecular weight excluding hydrogens is 249 g/mol. The first-order chi connectivity index (χ1) is 8.36. The van der Waals surface area contributed by atoms with Crippen LogP contribution in [0.3, 0.4) is 0 Å². The molecule has 0 aromatic rings. The van der Waals surface area contributed by atoms with Gasteiger partial charge in [0.2, 0.25) is 5.91 Å². The molecule has 0 aromatic heterocycles. The van der Waals surface area contributed by atoms with Gasteiger partial charge in [-0.1, -0.05) is 0 Å². The third kappa shape index (κ3) is 3.14. The molecule has 1 amide bonds. The number of ether oxygens (including phenoxy) is 1. The number of alkyl halides is 3. The van der Waals surface area contributed by atoms with Gasteiger partial charge in [0.05, 0.1) is 18.4 Å². The minimum atomic E-state index is -4.30. The summed E-state index contributed by atoms with van der Waals surface area (Å²) in [5, 5.41) is 0. The zero-order valence-electron chi connectivity index (χ0n) is 10.4. The van der Waals surface area contributed by atoms with E-state index in [0.717, 1.165) is 0 Å². The molecule has 106 valence electrons. The van der Waals surface area contributed by atoms with Gasteiger partial charge in [-0.15, -0.1) is 0 Å². The molecule has 4 nitrogen and oxygen atoms in total. The standard InChI is InChI=1S/C11H19F3N2O2/c1-18-7-2-9(17)16-5-3-10(8-15,4-6-16)11(12,13)14/h2-8,15H2,1H3. The number of amides is 1. The highest BCUT2D eigenvalue weighted by atomic mass is 19.4. The number of halogens is 3. The fraction of sp³-hybridized carbons (Fsp3) is 0.909. The lowest BCUT2D eigenvalue weighted by Gasteiger charge is -2.42. The van der Waals surface area contributed by atoms with Gasteiger partial charge in [-0.3, -0.25) is 4.79 Å². The van der Waals surface area contributed by atoms with Crippen LogP contribution in [0.2, 0.25) is 0 Å². The van der Waals surface area contributed by atoms with Gasteiger partial charge in [0, 0.05) is 26.7 Å². The number of carbonyl (C=O) groups excluding carboxylic acids is 1. The normalized spacial score (nSPS) is 19.9. The molecule has 0 radical (unpaired) electrons. The molecule has 1 aliphatic rings. The predicted octanol–water partition coefficient (Wildman–Crippen LogP) is 1.15. The van der Waals surface area contributed by atoms with E-state index in [1.54, 1.807) is 0 Å². The second-order valence-corrected chi connectivity index (χ2v) is 4.61. The van der Waals surface area contributed by atoms with Crippen molar-refractivity contribution in [1.82, 2.24) is 4.90 Å². The van der Waals surface area contributed by atoms with Gasteiger partial charge < -0.3 is 15.4 Å². The molecule has 0 saturated carbocycles. The number of methoxy groups -OCH3 is 1. The van der Waals surface area contributed by atoms with Crippen molar-refractivity contribution in [1.29, 1.82) is 0 Å². The Bertz CT molecular complexity index is 287. The fourth-order valence-corrected chi connectivity index (χ4v) is 2.13. The van der Waals surface area contributed by atoms with E-state index in [4.69, 9.17) is 10.5 Å². The first-order valence-corrected chi connectivity index (χ1v) is 5.90. The van der Waals surface area contributed by atoms with Crippen LogP contribution in [0.5, 0.6) is 0 Å². The first kappa shape index (κ1) is 15.2. The maximum Gasteiger partial charge on any atom is 0.395 e. The SMILES string of the molecule is COCCC(=O)N1CCC(CN)(C(F)(F)F)CC1. The zero-order valence-corrected chi connectivity index (χ0v) is 10.4. The van der Waals surface area contributed by atoms with Crippen molar-refractivity contribution in [3.8, 4) is 0 Å². The number of carbonyl (C=O) groups is 1. The molecule has 1 fully saturated rings. The largest absolute Gasteiger partial charge is 0.395 e. The van der Waals surface area contributed by atoms with E-state index in [1.807, 2.05) is 0 Å². The van der Waals surface area contributed by atoms with Crippen molar-refractivity contribution in [2.75, 3.05) is 33.4 Å². The Morgan fingerprint density at radius 1 is 1.39 bits per heavy atom. The summed E-state index contributed by atoms with van der Waals surface area (Å²) in [6.07, 6.45) is -4.33. The van der Waals surface area contributed by atoms with Crippen molar-refractivity contribution in [3.05, 3.63) is 0 Å². The third-order valence-corrected chi connectivity index (χ3v) is 3.59. The Kier molecular flexibility index (Phi) is 4.98. The van der Waals surface area contributed by atoms with Gasteiger partial charge in [0.25, 0.3) is 0 Å². The summed E-state index contributed by atoms with van der Waals surface area (Å²) >= 11 is 0. The summed E-state index contributed by atoms with van der Waals surface area (Å²) in [5.74, 6) is -0.162. The summed E-state index contributed by atoms with van der Waals surface area (Å²) in [4.78, 5) is 13.1. The molecule has 0 aliphatic carbocycles. The van der Waals surface area contributed by atoms with E-state index in [2.05, 4.69) is 0 Å². The van der Waals surface area contributed by atoms with E-state index in [-0.39, 0.29) is 44.9 Å². The quantitative estimate of drug-likeness (QED) is 0.832. The van der Waals surface area contributed by atoms with Crippen LogP contribution in [0, 0.1) is 5.41 Å². The van der Waals surface area contributed by atoms with Crippen molar-refractivity contribution in [3.63, 3.8) is 0 Å². The van der Waals surface area contributed by atoms with E-state index in [9.17, 15) is 18.0 Å². The zero-order chi connectivity index (χ0) is 13.8.